The molecule has 1 aliphatic heterocycles. The summed E-state index contributed by atoms with van der Waals surface area (Å²) in [5.41, 5.74) is -0.0570. The number of amides is 1. The predicted octanol–water partition coefficient (Wildman–Crippen LogP) is 0.140. The Morgan fingerprint density at radius 2 is 2.12 bits per heavy atom. The summed E-state index contributed by atoms with van der Waals surface area (Å²) in [6.45, 7) is 0.827. The lowest BCUT2D eigenvalue weighted by atomic mass is 9.93. The quantitative estimate of drug-likeness (QED) is 0.739. The van der Waals surface area contributed by atoms with Crippen LogP contribution in [0.25, 0.3) is 0 Å². The summed E-state index contributed by atoms with van der Waals surface area (Å²) in [7, 11) is -1.14. The van der Waals surface area contributed by atoms with Gasteiger partial charge in [-0.15, -0.1) is 0 Å². The average molecular weight is 360 g/mol. The van der Waals surface area contributed by atoms with Crippen LogP contribution in [0, 0.1) is 5.92 Å². The molecule has 1 saturated heterocycles. The summed E-state index contributed by atoms with van der Waals surface area (Å²) >= 11 is 0. The maximum atomic E-state index is 12.2. The van der Waals surface area contributed by atoms with Crippen LogP contribution in [0.4, 0.5) is 0 Å². The van der Waals surface area contributed by atoms with Crippen molar-refractivity contribution in [3.8, 4) is 0 Å². The van der Waals surface area contributed by atoms with E-state index in [1.807, 2.05) is 0 Å². The Labute approximate surface area is 139 Å². The van der Waals surface area contributed by atoms with Crippen molar-refractivity contribution in [2.75, 3.05) is 27.3 Å². The van der Waals surface area contributed by atoms with E-state index in [2.05, 4.69) is 5.32 Å². The van der Waals surface area contributed by atoms with E-state index in [-0.39, 0.29) is 23.2 Å². The average Bonchev–Trinajstić information content (AvgIpc) is 3.03. The van der Waals surface area contributed by atoms with Crippen LogP contribution in [0.3, 0.4) is 0 Å². The molecule has 0 aliphatic carbocycles. The van der Waals surface area contributed by atoms with Gasteiger partial charge in [-0.3, -0.25) is 4.79 Å². The second-order valence-corrected chi connectivity index (χ2v) is 7.79. The molecule has 24 heavy (non-hydrogen) atoms. The number of ether oxygens (including phenoxy) is 1. The second-order valence-electron chi connectivity index (χ2n) is 5.71. The predicted molar refractivity (Wildman–Crippen MR) is 82.0 cm³/mol. The minimum atomic E-state index is -3.80. The lowest BCUT2D eigenvalue weighted by Crippen LogP contribution is -2.48. The zero-order chi connectivity index (χ0) is 17.9. The Bertz CT molecular complexity index is 704. The highest BCUT2D eigenvalue weighted by Gasteiger charge is 2.32. The van der Waals surface area contributed by atoms with Gasteiger partial charge in [0.2, 0.25) is 5.09 Å². The van der Waals surface area contributed by atoms with Gasteiger partial charge in [0.25, 0.3) is 15.9 Å². The molecule has 9 nitrogen and oxygen atoms in total. The highest BCUT2D eigenvalue weighted by molar-refractivity contribution is 7.88. The summed E-state index contributed by atoms with van der Waals surface area (Å²) in [6, 6.07) is -0.0392. The molecule has 0 radical (unpaired) electrons. The highest BCUT2D eigenvalue weighted by atomic mass is 32.2. The topological polar surface area (TPSA) is 126 Å². The molecule has 0 saturated carbocycles. The highest BCUT2D eigenvalue weighted by Crippen LogP contribution is 2.20. The number of carboxylic acids is 1. The van der Waals surface area contributed by atoms with Crippen molar-refractivity contribution in [3.05, 3.63) is 17.9 Å². The number of sulfonamides is 1. The minimum absolute atomic E-state index is 0.0570. The molecule has 1 aromatic rings. The van der Waals surface area contributed by atoms with Crippen molar-refractivity contribution in [2.24, 2.45) is 5.92 Å². The molecule has 1 aromatic heterocycles. The minimum Gasteiger partial charge on any atom is -0.480 e. The number of hydrogen-bond donors (Lipinski definition) is 2. The van der Waals surface area contributed by atoms with E-state index in [0.717, 1.165) is 23.1 Å². The monoisotopic (exact) mass is 360 g/mol. The van der Waals surface area contributed by atoms with Crippen LogP contribution in [0.15, 0.2) is 21.8 Å². The van der Waals surface area contributed by atoms with E-state index >= 15 is 0 Å². The molecule has 1 aliphatic rings. The van der Waals surface area contributed by atoms with Crippen molar-refractivity contribution in [1.82, 2.24) is 9.62 Å². The fourth-order valence-electron chi connectivity index (χ4n) is 2.39. The number of rotatable bonds is 6. The van der Waals surface area contributed by atoms with Crippen molar-refractivity contribution < 1.29 is 32.3 Å². The first-order chi connectivity index (χ1) is 11.2. The number of nitrogens with zero attached hydrogens (tertiary/aromatic N) is 1. The van der Waals surface area contributed by atoms with E-state index in [0.29, 0.717) is 13.0 Å². The van der Waals surface area contributed by atoms with E-state index in [9.17, 15) is 23.1 Å². The van der Waals surface area contributed by atoms with Crippen LogP contribution in [0.1, 0.15) is 23.2 Å². The molecule has 0 spiro atoms. The molecule has 1 amide bonds. The molecule has 10 heteroatoms. The van der Waals surface area contributed by atoms with Gasteiger partial charge in [0.15, 0.2) is 0 Å². The Morgan fingerprint density at radius 1 is 1.42 bits per heavy atom. The van der Waals surface area contributed by atoms with E-state index in [4.69, 9.17) is 9.15 Å². The normalized spacial score (nSPS) is 19.9. The van der Waals surface area contributed by atoms with Crippen LogP contribution in [-0.2, 0) is 19.6 Å². The Balaban J connectivity index is 2.13. The molecule has 2 rings (SSSR count). The van der Waals surface area contributed by atoms with Crippen molar-refractivity contribution in [3.63, 3.8) is 0 Å². The van der Waals surface area contributed by atoms with Crippen molar-refractivity contribution in [2.45, 2.75) is 24.0 Å². The largest absolute Gasteiger partial charge is 0.480 e. The fourth-order valence-corrected chi connectivity index (χ4v) is 3.19. The zero-order valence-corrected chi connectivity index (χ0v) is 14.2. The first kappa shape index (κ1) is 18.4. The third-order valence-corrected chi connectivity index (χ3v) is 5.48. The van der Waals surface area contributed by atoms with Crippen molar-refractivity contribution >= 4 is 21.9 Å². The first-order valence-electron chi connectivity index (χ1n) is 7.36. The third kappa shape index (κ3) is 3.94. The molecular formula is C14H20N2O7S. The smallest absolute Gasteiger partial charge is 0.326 e. The lowest BCUT2D eigenvalue weighted by Gasteiger charge is -2.27. The Morgan fingerprint density at radius 3 is 2.67 bits per heavy atom. The summed E-state index contributed by atoms with van der Waals surface area (Å²) < 4.78 is 35.0. The molecule has 1 fully saturated rings. The van der Waals surface area contributed by atoms with Crippen LogP contribution in [-0.4, -0.2) is 63.1 Å². The maximum Gasteiger partial charge on any atom is 0.326 e. The van der Waals surface area contributed by atoms with Gasteiger partial charge in [0.05, 0.1) is 12.2 Å². The van der Waals surface area contributed by atoms with Gasteiger partial charge in [-0.25, -0.2) is 17.5 Å². The number of aliphatic carboxylic acids is 1. The van der Waals surface area contributed by atoms with Gasteiger partial charge in [-0.2, -0.15) is 0 Å². The summed E-state index contributed by atoms with van der Waals surface area (Å²) in [5.74, 6) is -2.21. The van der Waals surface area contributed by atoms with Crippen molar-refractivity contribution in [1.29, 1.82) is 0 Å². The Hall–Kier alpha value is -1.91. The number of carbonyl (C=O) groups is 2. The SMILES string of the molecule is CN(C)S(=O)(=O)c1cc(C(=O)NC(C(=O)O)C2CCCOC2)co1. The van der Waals surface area contributed by atoms with Crippen LogP contribution < -0.4 is 5.32 Å². The van der Waals surface area contributed by atoms with Gasteiger partial charge >= 0.3 is 5.97 Å². The molecule has 0 aromatic carbocycles. The van der Waals surface area contributed by atoms with Gasteiger partial charge < -0.3 is 19.6 Å². The van der Waals surface area contributed by atoms with E-state index in [1.165, 1.54) is 14.1 Å². The van der Waals surface area contributed by atoms with Gasteiger partial charge in [0.1, 0.15) is 12.3 Å². The van der Waals surface area contributed by atoms with Crippen LogP contribution >= 0.6 is 0 Å². The summed E-state index contributed by atoms with van der Waals surface area (Å²) in [4.78, 5) is 23.7. The molecule has 2 atom stereocenters. The number of nitrogens with one attached hydrogen (secondary N) is 1. The molecule has 0 bridgehead atoms. The maximum absolute atomic E-state index is 12.2. The number of carbonyl (C=O) groups excluding carboxylic acids is 1. The van der Waals surface area contributed by atoms with Gasteiger partial charge in [-0.1, -0.05) is 0 Å². The zero-order valence-electron chi connectivity index (χ0n) is 13.4. The first-order valence-corrected chi connectivity index (χ1v) is 8.80. The fraction of sp³-hybridized carbons (Fsp3) is 0.571. The number of hydrogen-bond acceptors (Lipinski definition) is 6. The summed E-state index contributed by atoms with van der Waals surface area (Å²) in [5, 5.41) is 11.4. The molecule has 2 unspecified atom stereocenters. The van der Waals surface area contributed by atoms with Gasteiger partial charge in [0, 0.05) is 32.7 Å². The number of carboxylic acid groups (broad SMARTS) is 1. The summed E-state index contributed by atoms with van der Waals surface area (Å²) in [6.07, 6.45) is 2.34. The van der Waals surface area contributed by atoms with E-state index in [1.54, 1.807) is 0 Å². The molecule has 134 valence electrons. The molecule has 2 heterocycles. The van der Waals surface area contributed by atoms with Crippen LogP contribution in [0.5, 0.6) is 0 Å². The molecular weight excluding hydrogens is 340 g/mol. The number of furan rings is 1. The molecule has 2 N–H and O–H groups in total. The lowest BCUT2D eigenvalue weighted by molar-refractivity contribution is -0.142. The van der Waals surface area contributed by atoms with Gasteiger partial charge in [-0.05, 0) is 12.8 Å². The van der Waals surface area contributed by atoms with E-state index < -0.39 is 27.9 Å². The van der Waals surface area contributed by atoms with Crippen LogP contribution in [0.2, 0.25) is 0 Å². The third-order valence-electron chi connectivity index (χ3n) is 3.79. The second kappa shape index (κ2) is 7.32. The standard InChI is InChI=1S/C14H20N2O7S/c1-16(2)24(20,21)11-6-10(8-23-11)13(17)15-12(14(18)19)9-4-3-5-22-7-9/h6,8-9,12H,3-5,7H2,1-2H3,(H,15,17)(H,18,19). The Kier molecular flexibility index (Phi) is 5.62.